The van der Waals surface area contributed by atoms with E-state index >= 15 is 0 Å². The normalized spacial score (nSPS) is 10.4. The smallest absolute Gasteiger partial charge is 0.306 e. The van der Waals surface area contributed by atoms with Crippen LogP contribution >= 0.6 is 11.8 Å². The van der Waals surface area contributed by atoms with Crippen molar-refractivity contribution in [1.29, 1.82) is 0 Å². The predicted molar refractivity (Wildman–Crippen MR) is 85.1 cm³/mol. The molecule has 0 saturated carbocycles. The fourth-order valence-electron chi connectivity index (χ4n) is 1.87. The number of hydrogen-bond donors (Lipinski definition) is 0. The molecule has 2 rings (SSSR count). The number of ether oxygens (including phenoxy) is 3. The van der Waals surface area contributed by atoms with Crippen LogP contribution in [0.3, 0.4) is 0 Å². The highest BCUT2D eigenvalue weighted by atomic mass is 32.2. The molecule has 8 nitrogen and oxygen atoms in total. The number of nitrogens with zero attached hydrogens (tertiary/aromatic N) is 4. The summed E-state index contributed by atoms with van der Waals surface area (Å²) >= 11 is 1.56. The average Bonchev–Trinajstić information content (AvgIpc) is 3.06. The zero-order valence-corrected chi connectivity index (χ0v) is 14.0. The lowest BCUT2D eigenvalue weighted by Crippen LogP contribution is -2.04. The summed E-state index contributed by atoms with van der Waals surface area (Å²) in [4.78, 5) is 11.1. The number of tetrazole rings is 1. The second-order valence-electron chi connectivity index (χ2n) is 4.42. The summed E-state index contributed by atoms with van der Waals surface area (Å²) in [5.41, 5.74) is 0.774. The summed E-state index contributed by atoms with van der Waals surface area (Å²) in [6.07, 6.45) is 0.360. The summed E-state index contributed by atoms with van der Waals surface area (Å²) in [7, 11) is 4.54. The minimum absolute atomic E-state index is 0.225. The van der Waals surface area contributed by atoms with Crippen molar-refractivity contribution in [3.8, 4) is 17.2 Å². The minimum atomic E-state index is -0.225. The van der Waals surface area contributed by atoms with Gasteiger partial charge in [0.05, 0.1) is 39.2 Å². The van der Waals surface area contributed by atoms with E-state index in [-0.39, 0.29) is 5.97 Å². The van der Waals surface area contributed by atoms with Crippen LogP contribution in [0.15, 0.2) is 18.2 Å². The highest BCUT2D eigenvalue weighted by Crippen LogP contribution is 2.29. The summed E-state index contributed by atoms with van der Waals surface area (Å²) in [5.74, 6) is 2.93. The second-order valence-corrected chi connectivity index (χ2v) is 5.53. The number of carbonyl (C=O) groups excluding carboxylic acids is 1. The van der Waals surface area contributed by atoms with Crippen LogP contribution in [0.1, 0.15) is 12.2 Å². The summed E-state index contributed by atoms with van der Waals surface area (Å²) in [5, 5.41) is 11.7. The van der Waals surface area contributed by atoms with Crippen molar-refractivity contribution in [2.45, 2.75) is 12.2 Å². The van der Waals surface area contributed by atoms with Crippen LogP contribution in [0.2, 0.25) is 0 Å². The average molecular weight is 338 g/mol. The third-order valence-electron chi connectivity index (χ3n) is 3.06. The van der Waals surface area contributed by atoms with Gasteiger partial charge in [-0.1, -0.05) is 0 Å². The van der Waals surface area contributed by atoms with Crippen LogP contribution in [0.4, 0.5) is 0 Å². The van der Waals surface area contributed by atoms with E-state index in [1.165, 1.54) is 7.11 Å². The molecule has 0 atom stereocenters. The number of methoxy groups -OCH3 is 3. The van der Waals surface area contributed by atoms with Crippen molar-refractivity contribution in [2.24, 2.45) is 0 Å². The number of carbonyl (C=O) groups is 1. The minimum Gasteiger partial charge on any atom is -0.493 e. The molecule has 0 aliphatic heterocycles. The largest absolute Gasteiger partial charge is 0.493 e. The maximum Gasteiger partial charge on any atom is 0.306 e. The van der Waals surface area contributed by atoms with Gasteiger partial charge in [-0.3, -0.25) is 4.79 Å². The molecule has 0 amide bonds. The zero-order chi connectivity index (χ0) is 16.7. The zero-order valence-electron chi connectivity index (χ0n) is 13.2. The Morgan fingerprint density at radius 3 is 2.70 bits per heavy atom. The molecule has 0 spiro atoms. The van der Waals surface area contributed by atoms with Gasteiger partial charge in [0.2, 0.25) is 0 Å². The van der Waals surface area contributed by atoms with E-state index < -0.39 is 0 Å². The van der Waals surface area contributed by atoms with Crippen molar-refractivity contribution < 1.29 is 19.0 Å². The molecule has 0 fully saturated rings. The fourth-order valence-corrected chi connectivity index (χ4v) is 2.69. The second kappa shape index (κ2) is 8.37. The lowest BCUT2D eigenvalue weighted by Gasteiger charge is -2.10. The Bertz CT molecular complexity index is 662. The maximum absolute atomic E-state index is 11.1. The lowest BCUT2D eigenvalue weighted by molar-refractivity contribution is -0.140. The van der Waals surface area contributed by atoms with Gasteiger partial charge in [-0.15, -0.1) is 5.10 Å². The molecule has 9 heteroatoms. The molecule has 2 aromatic rings. The first kappa shape index (κ1) is 17.1. The number of hydrogen-bond acceptors (Lipinski definition) is 8. The Morgan fingerprint density at radius 2 is 2.00 bits per heavy atom. The molecule has 23 heavy (non-hydrogen) atoms. The first-order chi connectivity index (χ1) is 11.2. The third kappa shape index (κ3) is 4.35. The molecule has 0 saturated heterocycles. The topological polar surface area (TPSA) is 88.4 Å². The number of rotatable bonds is 8. The fraction of sp³-hybridized carbons (Fsp3) is 0.429. The van der Waals surface area contributed by atoms with Crippen LogP contribution < -0.4 is 9.47 Å². The molecular formula is C14H18N4O4S. The molecule has 1 aromatic carbocycles. The molecule has 0 aliphatic carbocycles. The van der Waals surface area contributed by atoms with E-state index in [4.69, 9.17) is 9.47 Å². The molecule has 1 aromatic heterocycles. The Labute approximate surface area is 138 Å². The van der Waals surface area contributed by atoms with E-state index in [2.05, 4.69) is 20.3 Å². The Morgan fingerprint density at radius 1 is 1.22 bits per heavy atom. The van der Waals surface area contributed by atoms with Crippen molar-refractivity contribution in [3.05, 3.63) is 24.0 Å². The van der Waals surface area contributed by atoms with Crippen LogP contribution in [0.5, 0.6) is 11.5 Å². The van der Waals surface area contributed by atoms with Gasteiger partial charge < -0.3 is 14.2 Å². The van der Waals surface area contributed by atoms with Crippen LogP contribution in [-0.2, 0) is 15.3 Å². The monoisotopic (exact) mass is 338 g/mol. The lowest BCUT2D eigenvalue weighted by atomic mass is 10.2. The number of esters is 1. The van der Waals surface area contributed by atoms with Crippen LogP contribution in [0.25, 0.3) is 5.69 Å². The molecule has 0 unspecified atom stereocenters. The molecule has 124 valence electrons. The number of benzene rings is 1. The molecule has 0 radical (unpaired) electrons. The summed E-state index contributed by atoms with van der Waals surface area (Å²) in [6.45, 7) is 0. The van der Waals surface area contributed by atoms with Gasteiger partial charge in [0.25, 0.3) is 0 Å². The van der Waals surface area contributed by atoms with Crippen LogP contribution in [-0.4, -0.2) is 53.3 Å². The molecule has 0 N–H and O–H groups in total. The standard InChI is InChI=1S/C14H18N4O4S/c1-20-11-5-4-10(8-12(11)21-2)18-13(15-16-17-18)9-23-7-6-14(19)22-3/h4-5,8H,6-7,9H2,1-3H3. The van der Waals surface area contributed by atoms with E-state index in [1.54, 1.807) is 42.8 Å². The maximum atomic E-state index is 11.1. The van der Waals surface area contributed by atoms with Gasteiger partial charge in [-0.2, -0.15) is 16.4 Å². The number of thioether (sulfide) groups is 1. The van der Waals surface area contributed by atoms with Gasteiger partial charge in [0.15, 0.2) is 17.3 Å². The van der Waals surface area contributed by atoms with Crippen molar-refractivity contribution in [3.63, 3.8) is 0 Å². The summed E-state index contributed by atoms with van der Waals surface area (Å²) < 4.78 is 16.7. The Balaban J connectivity index is 2.07. The van der Waals surface area contributed by atoms with Crippen LogP contribution in [0, 0.1) is 0 Å². The first-order valence-electron chi connectivity index (χ1n) is 6.83. The molecule has 1 heterocycles. The molecule has 0 aliphatic rings. The first-order valence-corrected chi connectivity index (χ1v) is 7.99. The molecular weight excluding hydrogens is 320 g/mol. The molecule has 0 bridgehead atoms. The van der Waals surface area contributed by atoms with Crippen molar-refractivity contribution >= 4 is 17.7 Å². The Hall–Kier alpha value is -2.29. The van der Waals surface area contributed by atoms with Gasteiger partial charge >= 0.3 is 5.97 Å². The Kier molecular flexibility index (Phi) is 6.21. The van der Waals surface area contributed by atoms with Gasteiger partial charge in [-0.05, 0) is 22.6 Å². The highest BCUT2D eigenvalue weighted by Gasteiger charge is 2.12. The van der Waals surface area contributed by atoms with E-state index in [0.717, 1.165) is 5.69 Å². The van der Waals surface area contributed by atoms with Gasteiger partial charge in [-0.25, -0.2) is 0 Å². The predicted octanol–water partition coefficient (Wildman–Crippen LogP) is 1.48. The van der Waals surface area contributed by atoms with E-state index in [9.17, 15) is 4.79 Å². The quantitative estimate of drug-likeness (QED) is 0.528. The third-order valence-corrected chi connectivity index (χ3v) is 4.01. The number of aromatic nitrogens is 4. The van der Waals surface area contributed by atoms with E-state index in [0.29, 0.717) is 35.2 Å². The van der Waals surface area contributed by atoms with Gasteiger partial charge in [0, 0.05) is 11.8 Å². The van der Waals surface area contributed by atoms with Crippen molar-refractivity contribution in [1.82, 2.24) is 20.2 Å². The summed E-state index contributed by atoms with van der Waals surface area (Å²) in [6, 6.07) is 5.45. The van der Waals surface area contributed by atoms with Crippen molar-refractivity contribution in [2.75, 3.05) is 27.1 Å². The van der Waals surface area contributed by atoms with E-state index in [1.807, 2.05) is 6.07 Å². The highest BCUT2D eigenvalue weighted by molar-refractivity contribution is 7.98. The van der Waals surface area contributed by atoms with Gasteiger partial charge in [0.1, 0.15) is 0 Å². The SMILES string of the molecule is COC(=O)CCSCc1nnnn1-c1ccc(OC)c(OC)c1.